The summed E-state index contributed by atoms with van der Waals surface area (Å²) in [6.45, 7) is 7.51. The Bertz CT molecular complexity index is 526. The summed E-state index contributed by atoms with van der Waals surface area (Å²) in [5.41, 5.74) is 8.04. The molecule has 1 aromatic heterocycles. The lowest BCUT2D eigenvalue weighted by Crippen LogP contribution is -2.19. The van der Waals surface area contributed by atoms with Crippen LogP contribution in [0.25, 0.3) is 10.9 Å². The van der Waals surface area contributed by atoms with Crippen molar-refractivity contribution in [1.82, 2.24) is 4.98 Å². The summed E-state index contributed by atoms with van der Waals surface area (Å²) in [6, 6.07) is 9.93. The molecule has 0 atom stereocenters. The number of nitrogens with one attached hydrogen (secondary N) is 1. The molecule has 17 heavy (non-hydrogen) atoms. The molecule has 3 heteroatoms. The predicted molar refractivity (Wildman–Crippen MR) is 74.1 cm³/mol. The third-order valence-corrected chi connectivity index (χ3v) is 2.55. The number of para-hydroxylation sites is 1. The Labute approximate surface area is 102 Å². The highest BCUT2D eigenvalue weighted by Crippen LogP contribution is 2.25. The molecule has 0 radical (unpaired) electrons. The molecule has 1 aromatic carbocycles. The second-order valence-electron chi connectivity index (χ2n) is 5.53. The van der Waals surface area contributed by atoms with Crippen molar-refractivity contribution in [3.63, 3.8) is 0 Å². The van der Waals surface area contributed by atoms with Gasteiger partial charge in [0.05, 0.1) is 5.52 Å². The van der Waals surface area contributed by atoms with Crippen molar-refractivity contribution >= 4 is 22.4 Å². The Morgan fingerprint density at radius 3 is 2.65 bits per heavy atom. The van der Waals surface area contributed by atoms with E-state index in [1.54, 1.807) is 0 Å². The quantitative estimate of drug-likeness (QED) is 0.831. The highest BCUT2D eigenvalue weighted by Gasteiger charge is 2.11. The Hall–Kier alpha value is -1.77. The minimum Gasteiger partial charge on any atom is -0.384 e. The Kier molecular flexibility index (Phi) is 2.92. The summed E-state index contributed by atoms with van der Waals surface area (Å²) >= 11 is 0. The van der Waals surface area contributed by atoms with Crippen LogP contribution in [0.1, 0.15) is 20.8 Å². The van der Waals surface area contributed by atoms with Gasteiger partial charge in [0.1, 0.15) is 5.82 Å². The zero-order valence-corrected chi connectivity index (χ0v) is 10.6. The van der Waals surface area contributed by atoms with Gasteiger partial charge in [-0.2, -0.15) is 0 Å². The first-order valence-corrected chi connectivity index (χ1v) is 5.85. The summed E-state index contributed by atoms with van der Waals surface area (Å²) in [5, 5.41) is 4.57. The molecule has 0 aliphatic rings. The number of fused-ring (bicyclic) bond motifs is 1. The molecule has 2 aromatic rings. The highest BCUT2D eigenvalue weighted by atomic mass is 14.9. The third kappa shape index (κ3) is 2.87. The van der Waals surface area contributed by atoms with Gasteiger partial charge < -0.3 is 11.1 Å². The molecule has 90 valence electrons. The molecule has 0 amide bonds. The number of nitrogens with two attached hydrogens (primary N) is 1. The van der Waals surface area contributed by atoms with Crippen molar-refractivity contribution in [3.8, 4) is 0 Å². The number of nitrogens with zero attached hydrogens (tertiary/aromatic N) is 1. The van der Waals surface area contributed by atoms with E-state index in [1.165, 1.54) is 0 Å². The number of hydrogen-bond donors (Lipinski definition) is 2. The molecular formula is C14H19N3. The molecule has 2 rings (SSSR count). The lowest BCUT2D eigenvalue weighted by Gasteiger charge is -2.20. The van der Waals surface area contributed by atoms with Crippen LogP contribution >= 0.6 is 0 Å². The molecule has 0 aliphatic heterocycles. The van der Waals surface area contributed by atoms with Crippen LogP contribution in [0.15, 0.2) is 30.3 Å². The van der Waals surface area contributed by atoms with Gasteiger partial charge in [-0.25, -0.2) is 4.98 Å². The summed E-state index contributed by atoms with van der Waals surface area (Å²) in [4.78, 5) is 4.32. The maximum Gasteiger partial charge on any atom is 0.126 e. The monoisotopic (exact) mass is 229 g/mol. The first-order valence-electron chi connectivity index (χ1n) is 5.85. The van der Waals surface area contributed by atoms with Crippen LogP contribution in [0.3, 0.4) is 0 Å². The first kappa shape index (κ1) is 11.7. The third-order valence-electron chi connectivity index (χ3n) is 2.55. The topological polar surface area (TPSA) is 50.9 Å². The number of benzene rings is 1. The van der Waals surface area contributed by atoms with Gasteiger partial charge >= 0.3 is 0 Å². The largest absolute Gasteiger partial charge is 0.384 e. The summed E-state index contributed by atoms with van der Waals surface area (Å²) in [6.07, 6.45) is 0. The fourth-order valence-electron chi connectivity index (χ4n) is 1.70. The molecule has 0 bridgehead atoms. The van der Waals surface area contributed by atoms with Gasteiger partial charge in [0, 0.05) is 23.7 Å². The molecular weight excluding hydrogens is 210 g/mol. The van der Waals surface area contributed by atoms with E-state index >= 15 is 0 Å². The van der Waals surface area contributed by atoms with Gasteiger partial charge in [0.25, 0.3) is 0 Å². The number of hydrogen-bond acceptors (Lipinski definition) is 3. The van der Waals surface area contributed by atoms with Gasteiger partial charge in [0.15, 0.2) is 0 Å². The zero-order valence-electron chi connectivity index (χ0n) is 10.6. The van der Waals surface area contributed by atoms with Crippen LogP contribution in [0, 0.1) is 5.41 Å². The van der Waals surface area contributed by atoms with E-state index in [0.717, 1.165) is 23.1 Å². The van der Waals surface area contributed by atoms with Gasteiger partial charge in [-0.1, -0.05) is 39.0 Å². The average Bonchev–Trinajstić information content (AvgIpc) is 2.24. The maximum absolute atomic E-state index is 5.81. The Morgan fingerprint density at radius 2 is 1.94 bits per heavy atom. The van der Waals surface area contributed by atoms with E-state index in [0.29, 0.717) is 5.82 Å². The molecule has 0 aliphatic carbocycles. The fraction of sp³-hybridized carbons (Fsp3) is 0.357. The molecule has 3 nitrogen and oxygen atoms in total. The van der Waals surface area contributed by atoms with E-state index in [2.05, 4.69) is 37.1 Å². The van der Waals surface area contributed by atoms with Crippen molar-refractivity contribution < 1.29 is 0 Å². The standard InChI is InChI=1S/C14H19N3/c1-14(2,3)9-16-12-8-13(15)17-11-7-5-4-6-10(11)12/h4-8H,9H2,1-3H3,(H3,15,16,17). The second-order valence-corrected chi connectivity index (χ2v) is 5.53. The van der Waals surface area contributed by atoms with Crippen molar-refractivity contribution in [2.75, 3.05) is 17.6 Å². The highest BCUT2D eigenvalue weighted by molar-refractivity contribution is 5.92. The molecule has 0 spiro atoms. The SMILES string of the molecule is CC(C)(C)CNc1cc(N)nc2ccccc12. The van der Waals surface area contributed by atoms with Crippen molar-refractivity contribution in [2.45, 2.75) is 20.8 Å². The number of rotatable bonds is 2. The minimum absolute atomic E-state index is 0.235. The lowest BCUT2D eigenvalue weighted by atomic mass is 9.97. The van der Waals surface area contributed by atoms with Gasteiger partial charge in [-0.05, 0) is 11.5 Å². The van der Waals surface area contributed by atoms with Crippen molar-refractivity contribution in [2.24, 2.45) is 5.41 Å². The fourth-order valence-corrected chi connectivity index (χ4v) is 1.70. The smallest absolute Gasteiger partial charge is 0.126 e. The number of pyridine rings is 1. The molecule has 1 heterocycles. The maximum atomic E-state index is 5.81. The Balaban J connectivity index is 2.39. The summed E-state index contributed by atoms with van der Waals surface area (Å²) in [5.74, 6) is 0.556. The summed E-state index contributed by atoms with van der Waals surface area (Å²) in [7, 11) is 0. The van der Waals surface area contributed by atoms with Crippen LogP contribution in [0.2, 0.25) is 0 Å². The second kappa shape index (κ2) is 4.24. The normalized spacial score (nSPS) is 11.7. The molecule has 0 saturated heterocycles. The van der Waals surface area contributed by atoms with Crippen LogP contribution in [-0.2, 0) is 0 Å². The minimum atomic E-state index is 0.235. The van der Waals surface area contributed by atoms with E-state index in [1.807, 2.05) is 24.3 Å². The molecule has 0 unspecified atom stereocenters. The van der Waals surface area contributed by atoms with Crippen molar-refractivity contribution in [1.29, 1.82) is 0 Å². The zero-order chi connectivity index (χ0) is 12.5. The summed E-state index contributed by atoms with van der Waals surface area (Å²) < 4.78 is 0. The van der Waals surface area contributed by atoms with Gasteiger partial charge in [0.2, 0.25) is 0 Å². The van der Waals surface area contributed by atoms with E-state index in [4.69, 9.17) is 5.73 Å². The number of nitrogen functional groups attached to an aromatic ring is 1. The van der Waals surface area contributed by atoms with Crippen LogP contribution in [0.5, 0.6) is 0 Å². The lowest BCUT2D eigenvalue weighted by molar-refractivity contribution is 0.443. The molecule has 3 N–H and O–H groups in total. The van der Waals surface area contributed by atoms with Crippen molar-refractivity contribution in [3.05, 3.63) is 30.3 Å². The predicted octanol–water partition coefficient (Wildman–Crippen LogP) is 3.28. The van der Waals surface area contributed by atoms with E-state index in [-0.39, 0.29) is 5.41 Å². The van der Waals surface area contributed by atoms with E-state index < -0.39 is 0 Å². The van der Waals surface area contributed by atoms with Gasteiger partial charge in [-0.15, -0.1) is 0 Å². The van der Waals surface area contributed by atoms with Crippen LogP contribution in [-0.4, -0.2) is 11.5 Å². The van der Waals surface area contributed by atoms with E-state index in [9.17, 15) is 0 Å². The van der Waals surface area contributed by atoms with Gasteiger partial charge in [-0.3, -0.25) is 0 Å². The average molecular weight is 229 g/mol. The number of anilines is 2. The van der Waals surface area contributed by atoms with Crippen LogP contribution < -0.4 is 11.1 Å². The number of aromatic nitrogens is 1. The van der Waals surface area contributed by atoms with Crippen LogP contribution in [0.4, 0.5) is 11.5 Å². The first-order chi connectivity index (χ1) is 7.96. The molecule has 0 saturated carbocycles. The Morgan fingerprint density at radius 1 is 1.24 bits per heavy atom. The molecule has 0 fully saturated rings.